The standard InChI is InChI=1S/C22H21BrClN3O6/c1-29-15-6-11-14(25-9-26-21(11)27-10-3-4-12(23)13(24)5-10)7-16(15)32-17-8-31-19-18(17)33-22(28)20(19)30-2/h3-7,9,17-20,22,28H,8H2,1-2H3,(H,25,26,27)/t17-,18+,19-,20+,22+/m0/s1. The fourth-order valence-corrected chi connectivity index (χ4v) is 4.52. The van der Waals surface area contributed by atoms with Crippen LogP contribution in [-0.4, -0.2) is 66.6 Å². The maximum Gasteiger partial charge on any atom is 0.184 e. The first-order valence-corrected chi connectivity index (χ1v) is 11.3. The molecule has 33 heavy (non-hydrogen) atoms. The van der Waals surface area contributed by atoms with Gasteiger partial charge in [-0.3, -0.25) is 0 Å². The normalized spacial score (nSPS) is 26.4. The zero-order valence-corrected chi connectivity index (χ0v) is 20.0. The van der Waals surface area contributed by atoms with Crippen LogP contribution in [0, 0.1) is 0 Å². The second-order valence-corrected chi connectivity index (χ2v) is 8.90. The third-order valence-corrected chi connectivity index (χ3v) is 6.93. The number of fused-ring (bicyclic) bond motifs is 2. The molecule has 2 saturated heterocycles. The molecule has 3 heterocycles. The van der Waals surface area contributed by atoms with E-state index in [4.69, 9.17) is 35.3 Å². The molecule has 0 aliphatic carbocycles. The second-order valence-electron chi connectivity index (χ2n) is 7.64. The Morgan fingerprint density at radius 3 is 2.76 bits per heavy atom. The van der Waals surface area contributed by atoms with E-state index in [1.54, 1.807) is 19.2 Å². The summed E-state index contributed by atoms with van der Waals surface area (Å²) in [5, 5.41) is 14.7. The van der Waals surface area contributed by atoms with Crippen LogP contribution in [0.5, 0.6) is 11.5 Å². The molecule has 174 valence electrons. The highest BCUT2D eigenvalue weighted by Gasteiger charge is 2.53. The fourth-order valence-electron chi connectivity index (χ4n) is 4.10. The molecule has 0 radical (unpaired) electrons. The molecule has 11 heteroatoms. The number of benzene rings is 2. The van der Waals surface area contributed by atoms with Gasteiger partial charge in [-0.05, 0) is 40.2 Å². The third kappa shape index (κ3) is 4.23. The summed E-state index contributed by atoms with van der Waals surface area (Å²) < 4.78 is 29.3. The molecule has 2 aromatic carbocycles. The average Bonchev–Trinajstić information content (AvgIpc) is 3.33. The monoisotopic (exact) mass is 537 g/mol. The lowest BCUT2D eigenvalue weighted by molar-refractivity contribution is -0.154. The average molecular weight is 539 g/mol. The molecule has 0 unspecified atom stereocenters. The first kappa shape index (κ1) is 22.6. The van der Waals surface area contributed by atoms with Gasteiger partial charge in [0.2, 0.25) is 0 Å². The van der Waals surface area contributed by atoms with Gasteiger partial charge in [0.15, 0.2) is 23.9 Å². The molecule has 2 N–H and O–H groups in total. The molecule has 0 spiro atoms. The lowest BCUT2D eigenvalue weighted by Gasteiger charge is -2.20. The molecular formula is C22H21BrClN3O6. The van der Waals surface area contributed by atoms with E-state index < -0.39 is 30.7 Å². The van der Waals surface area contributed by atoms with Crippen LogP contribution in [0.15, 0.2) is 41.1 Å². The van der Waals surface area contributed by atoms with Gasteiger partial charge in [-0.15, -0.1) is 0 Å². The summed E-state index contributed by atoms with van der Waals surface area (Å²) in [4.78, 5) is 8.76. The molecule has 5 atom stereocenters. The number of hydrogen-bond donors (Lipinski definition) is 2. The minimum Gasteiger partial charge on any atom is -0.493 e. The number of halogens is 2. The molecule has 0 saturated carbocycles. The minimum absolute atomic E-state index is 0.296. The fraction of sp³-hybridized carbons (Fsp3) is 0.364. The number of anilines is 2. The Labute approximate surface area is 203 Å². The molecule has 2 aliphatic rings. The van der Waals surface area contributed by atoms with E-state index in [1.165, 1.54) is 13.4 Å². The largest absolute Gasteiger partial charge is 0.493 e. The summed E-state index contributed by atoms with van der Waals surface area (Å²) >= 11 is 9.60. The second kappa shape index (κ2) is 9.21. The maximum absolute atomic E-state index is 10.1. The van der Waals surface area contributed by atoms with Gasteiger partial charge in [0.25, 0.3) is 0 Å². The lowest BCUT2D eigenvalue weighted by atomic mass is 10.1. The van der Waals surface area contributed by atoms with Crippen LogP contribution >= 0.6 is 27.5 Å². The van der Waals surface area contributed by atoms with Crippen molar-refractivity contribution in [2.24, 2.45) is 0 Å². The number of nitrogens with zero attached hydrogens (tertiary/aromatic N) is 2. The predicted molar refractivity (Wildman–Crippen MR) is 124 cm³/mol. The summed E-state index contributed by atoms with van der Waals surface area (Å²) in [7, 11) is 3.07. The van der Waals surface area contributed by atoms with Crippen molar-refractivity contribution in [1.82, 2.24) is 9.97 Å². The van der Waals surface area contributed by atoms with Gasteiger partial charge in [-0.25, -0.2) is 9.97 Å². The van der Waals surface area contributed by atoms with Gasteiger partial charge >= 0.3 is 0 Å². The number of methoxy groups -OCH3 is 2. The molecule has 2 fully saturated rings. The zero-order valence-electron chi connectivity index (χ0n) is 17.7. The van der Waals surface area contributed by atoms with Gasteiger partial charge in [-0.1, -0.05) is 11.6 Å². The van der Waals surface area contributed by atoms with Crippen molar-refractivity contribution in [3.63, 3.8) is 0 Å². The number of aromatic nitrogens is 2. The highest BCUT2D eigenvalue weighted by Crippen LogP contribution is 2.39. The number of aliphatic hydroxyl groups is 1. The SMILES string of the molecule is COc1cc2c(Nc3ccc(Br)c(Cl)c3)ncnc2cc1O[C@H]1CO[C@@H]2[C@@H](OC)[C@H](O)O[C@@H]21. The van der Waals surface area contributed by atoms with E-state index in [0.717, 1.165) is 15.5 Å². The van der Waals surface area contributed by atoms with E-state index in [1.807, 2.05) is 18.2 Å². The molecule has 0 bridgehead atoms. The van der Waals surface area contributed by atoms with Gasteiger partial charge in [0.05, 0.1) is 24.3 Å². The Balaban J connectivity index is 1.43. The van der Waals surface area contributed by atoms with E-state index in [0.29, 0.717) is 34.5 Å². The van der Waals surface area contributed by atoms with Crippen LogP contribution in [0.2, 0.25) is 5.02 Å². The Kier molecular flexibility index (Phi) is 6.30. The summed E-state index contributed by atoms with van der Waals surface area (Å²) in [6.45, 7) is 0.296. The van der Waals surface area contributed by atoms with Crippen molar-refractivity contribution in [2.45, 2.75) is 30.7 Å². The summed E-state index contributed by atoms with van der Waals surface area (Å²) in [5.74, 6) is 1.58. The highest BCUT2D eigenvalue weighted by molar-refractivity contribution is 9.10. The number of hydrogen-bond acceptors (Lipinski definition) is 9. The van der Waals surface area contributed by atoms with E-state index in [9.17, 15) is 5.11 Å². The van der Waals surface area contributed by atoms with E-state index in [2.05, 4.69) is 31.2 Å². The van der Waals surface area contributed by atoms with E-state index >= 15 is 0 Å². The zero-order chi connectivity index (χ0) is 23.1. The first-order chi connectivity index (χ1) is 16.0. The van der Waals surface area contributed by atoms with Crippen LogP contribution in [0.4, 0.5) is 11.5 Å². The Morgan fingerprint density at radius 1 is 1.15 bits per heavy atom. The quantitative estimate of drug-likeness (QED) is 0.486. The van der Waals surface area contributed by atoms with Gasteiger partial charge < -0.3 is 34.1 Å². The molecule has 5 rings (SSSR count). The smallest absolute Gasteiger partial charge is 0.184 e. The molecule has 3 aromatic rings. The number of ether oxygens (including phenoxy) is 5. The molecule has 1 aromatic heterocycles. The first-order valence-electron chi connectivity index (χ1n) is 10.2. The van der Waals surface area contributed by atoms with Crippen molar-refractivity contribution in [2.75, 3.05) is 26.1 Å². The van der Waals surface area contributed by atoms with Crippen molar-refractivity contribution >= 4 is 49.9 Å². The Bertz CT molecular complexity index is 1180. The minimum atomic E-state index is -1.07. The summed E-state index contributed by atoms with van der Waals surface area (Å²) in [6.07, 6.45) is -1.47. The van der Waals surface area contributed by atoms with Crippen molar-refractivity contribution in [1.29, 1.82) is 0 Å². The highest BCUT2D eigenvalue weighted by atomic mass is 79.9. The molecule has 9 nitrogen and oxygen atoms in total. The van der Waals surface area contributed by atoms with Crippen LogP contribution < -0.4 is 14.8 Å². The van der Waals surface area contributed by atoms with Crippen LogP contribution in [0.25, 0.3) is 10.9 Å². The van der Waals surface area contributed by atoms with Crippen molar-refractivity contribution < 1.29 is 28.8 Å². The van der Waals surface area contributed by atoms with Crippen molar-refractivity contribution in [3.8, 4) is 11.5 Å². The number of rotatable bonds is 6. The summed E-state index contributed by atoms with van der Waals surface area (Å²) in [6, 6.07) is 9.13. The summed E-state index contributed by atoms with van der Waals surface area (Å²) in [5.41, 5.74) is 1.44. The predicted octanol–water partition coefficient (Wildman–Crippen LogP) is 3.68. The Hall–Kier alpha value is -2.21. The number of aliphatic hydroxyl groups excluding tert-OH is 1. The molecule has 0 amide bonds. The van der Waals surface area contributed by atoms with E-state index in [-0.39, 0.29) is 0 Å². The van der Waals surface area contributed by atoms with Gasteiger partial charge in [0.1, 0.15) is 30.5 Å². The number of nitrogens with one attached hydrogen (secondary N) is 1. The third-order valence-electron chi connectivity index (χ3n) is 5.70. The topological polar surface area (TPSA) is 104 Å². The van der Waals surface area contributed by atoms with Gasteiger partial charge in [-0.2, -0.15) is 0 Å². The van der Waals surface area contributed by atoms with Crippen molar-refractivity contribution in [3.05, 3.63) is 46.2 Å². The van der Waals surface area contributed by atoms with Gasteiger partial charge in [0, 0.05) is 28.7 Å². The lowest BCUT2D eigenvalue weighted by Crippen LogP contribution is -2.35. The van der Waals surface area contributed by atoms with Crippen LogP contribution in [0.3, 0.4) is 0 Å². The Morgan fingerprint density at radius 2 is 2.00 bits per heavy atom. The molecule has 2 aliphatic heterocycles. The molecular weight excluding hydrogens is 518 g/mol. The van der Waals surface area contributed by atoms with Crippen LogP contribution in [-0.2, 0) is 14.2 Å². The van der Waals surface area contributed by atoms with Crippen LogP contribution in [0.1, 0.15) is 0 Å². The maximum atomic E-state index is 10.1.